The van der Waals surface area contributed by atoms with Gasteiger partial charge in [-0.3, -0.25) is 38.6 Å². The Morgan fingerprint density at radius 3 is 1.17 bits per heavy atom. The molecule has 2 aliphatic heterocycles. The third kappa shape index (κ3) is 10.1. The largest absolute Gasteiger partial charge is 0.380 e. The van der Waals surface area contributed by atoms with Gasteiger partial charge in [-0.15, -0.1) is 0 Å². The Labute approximate surface area is 282 Å². The van der Waals surface area contributed by atoms with Crippen LogP contribution in [0.2, 0.25) is 0 Å². The van der Waals surface area contributed by atoms with Crippen LogP contribution in [0.1, 0.15) is 123 Å². The van der Waals surface area contributed by atoms with Crippen LogP contribution in [0.3, 0.4) is 0 Å². The van der Waals surface area contributed by atoms with Gasteiger partial charge in [-0.1, -0.05) is 69.2 Å². The molecule has 2 heterocycles. The van der Waals surface area contributed by atoms with E-state index in [-0.39, 0.29) is 71.0 Å². The van der Waals surface area contributed by atoms with Crippen LogP contribution in [-0.4, -0.2) is 82.6 Å². The number of imide groups is 2. The number of amides is 6. The minimum absolute atomic E-state index is 0.160. The fraction of sp³-hybridized carbons (Fsp3) is 0.833. The first-order valence-corrected chi connectivity index (χ1v) is 16.9. The monoisotopic (exact) mass is 662 g/mol. The maximum absolute atomic E-state index is 13.3. The summed E-state index contributed by atoms with van der Waals surface area (Å²) in [6, 6.07) is 0. The van der Waals surface area contributed by atoms with Gasteiger partial charge in [0, 0.05) is 70.5 Å². The predicted octanol–water partition coefficient (Wildman–Crippen LogP) is 4.47. The second kappa shape index (κ2) is 14.0. The van der Waals surface area contributed by atoms with Crippen LogP contribution in [0, 0.1) is 33.5 Å². The molecule has 6 amide bonds. The lowest BCUT2D eigenvalue weighted by Gasteiger charge is -2.40. The molecule has 0 spiro atoms. The SMILES string of the molecule is C[C@@H]1CC(=O)N(C(C)(C)CC(C)(C)C(=O)NCC(C)(C)COCC(C)(C)CNC(=O)C(C)(C)CC(C)(C)N2C(=O)C[C@H](C)C2=O)C1=O. The Bertz CT molecular complexity index is 1150. The van der Waals surface area contributed by atoms with Crippen LogP contribution in [0.5, 0.6) is 0 Å². The fourth-order valence-corrected chi connectivity index (χ4v) is 7.14. The summed E-state index contributed by atoms with van der Waals surface area (Å²) in [4.78, 5) is 79.5. The molecule has 2 fully saturated rings. The summed E-state index contributed by atoms with van der Waals surface area (Å²) < 4.78 is 6.10. The molecule has 0 saturated carbocycles. The molecule has 0 aliphatic carbocycles. The molecule has 47 heavy (non-hydrogen) atoms. The molecule has 0 aromatic rings. The minimum Gasteiger partial charge on any atom is -0.380 e. The van der Waals surface area contributed by atoms with Gasteiger partial charge in [0.1, 0.15) is 0 Å². The number of ether oxygens (including phenoxy) is 1. The van der Waals surface area contributed by atoms with Gasteiger partial charge in [0.05, 0.1) is 13.2 Å². The van der Waals surface area contributed by atoms with Crippen molar-refractivity contribution in [3.63, 3.8) is 0 Å². The van der Waals surface area contributed by atoms with Crippen LogP contribution in [0.4, 0.5) is 0 Å². The lowest BCUT2D eigenvalue weighted by atomic mass is 9.78. The van der Waals surface area contributed by atoms with Crippen molar-refractivity contribution in [1.82, 2.24) is 20.4 Å². The first-order valence-electron chi connectivity index (χ1n) is 16.9. The van der Waals surface area contributed by atoms with E-state index >= 15 is 0 Å². The van der Waals surface area contributed by atoms with E-state index in [0.29, 0.717) is 39.1 Å². The quantitative estimate of drug-likeness (QED) is 0.232. The molecular formula is C36H62N4O7. The first kappa shape index (κ1) is 40.4. The highest BCUT2D eigenvalue weighted by Crippen LogP contribution is 2.38. The summed E-state index contributed by atoms with van der Waals surface area (Å²) in [5, 5.41) is 6.10. The normalized spacial score (nSPS) is 20.4. The Hall–Kier alpha value is -2.82. The van der Waals surface area contributed by atoms with Gasteiger partial charge in [-0.25, -0.2) is 0 Å². The predicted molar refractivity (Wildman–Crippen MR) is 181 cm³/mol. The molecule has 11 heteroatoms. The van der Waals surface area contributed by atoms with Crippen molar-refractivity contribution >= 4 is 35.4 Å². The lowest BCUT2D eigenvalue weighted by Crippen LogP contribution is -2.53. The van der Waals surface area contributed by atoms with Gasteiger partial charge < -0.3 is 15.4 Å². The van der Waals surface area contributed by atoms with Gasteiger partial charge in [0.2, 0.25) is 35.4 Å². The van der Waals surface area contributed by atoms with Crippen molar-refractivity contribution in [3.05, 3.63) is 0 Å². The standard InChI is InChI=1S/C36H62N4O7/c1-23-15-25(41)39(27(23)43)35(11,12)17-33(7,8)29(45)37-19-31(3,4)21-47-22-32(5,6)20-38-30(46)34(9,10)18-36(13,14)40-26(42)16-24(2)28(40)44/h23-24H,15-22H2,1-14H3,(H,37,45)(H,38,46)/t23-,24+. The summed E-state index contributed by atoms with van der Waals surface area (Å²) in [7, 11) is 0. The Balaban J connectivity index is 1.86. The van der Waals surface area contributed by atoms with Crippen molar-refractivity contribution in [2.75, 3.05) is 26.3 Å². The fourth-order valence-electron chi connectivity index (χ4n) is 7.14. The molecule has 268 valence electrons. The smallest absolute Gasteiger partial charge is 0.233 e. The Kier molecular flexibility index (Phi) is 12.0. The van der Waals surface area contributed by atoms with E-state index < -0.39 is 21.9 Å². The van der Waals surface area contributed by atoms with Gasteiger partial charge >= 0.3 is 0 Å². The van der Waals surface area contributed by atoms with E-state index in [9.17, 15) is 28.8 Å². The summed E-state index contributed by atoms with van der Waals surface area (Å²) in [6.45, 7) is 27.6. The molecule has 2 atom stereocenters. The molecule has 0 bridgehead atoms. The lowest BCUT2D eigenvalue weighted by molar-refractivity contribution is -0.149. The third-order valence-electron chi connectivity index (χ3n) is 9.37. The molecule has 0 aromatic heterocycles. The van der Waals surface area contributed by atoms with Crippen molar-refractivity contribution in [2.45, 2.75) is 134 Å². The summed E-state index contributed by atoms with van der Waals surface area (Å²) in [5.74, 6) is -1.76. The Morgan fingerprint density at radius 1 is 0.617 bits per heavy atom. The van der Waals surface area contributed by atoms with E-state index in [4.69, 9.17) is 4.74 Å². The maximum atomic E-state index is 13.3. The number of hydrogen-bond acceptors (Lipinski definition) is 7. The number of nitrogens with zero attached hydrogens (tertiary/aromatic N) is 2. The third-order valence-corrected chi connectivity index (χ3v) is 9.37. The van der Waals surface area contributed by atoms with E-state index in [1.165, 1.54) is 9.80 Å². The number of rotatable bonds is 16. The van der Waals surface area contributed by atoms with Crippen molar-refractivity contribution in [3.8, 4) is 0 Å². The molecule has 0 unspecified atom stereocenters. The average Bonchev–Trinajstić information content (AvgIpc) is 3.30. The van der Waals surface area contributed by atoms with Gasteiger partial charge in [0.15, 0.2) is 0 Å². The molecule has 0 aromatic carbocycles. The van der Waals surface area contributed by atoms with E-state index in [1.807, 2.05) is 83.1 Å². The van der Waals surface area contributed by atoms with Gasteiger partial charge in [-0.2, -0.15) is 0 Å². The minimum atomic E-state index is -0.825. The Morgan fingerprint density at radius 2 is 0.915 bits per heavy atom. The molecule has 2 N–H and O–H groups in total. The van der Waals surface area contributed by atoms with Crippen molar-refractivity contribution in [2.24, 2.45) is 33.5 Å². The van der Waals surface area contributed by atoms with Crippen LogP contribution in [0.15, 0.2) is 0 Å². The molecule has 2 saturated heterocycles. The summed E-state index contributed by atoms with van der Waals surface area (Å²) >= 11 is 0. The van der Waals surface area contributed by atoms with E-state index in [1.54, 1.807) is 13.8 Å². The number of carbonyl (C=O) groups excluding carboxylic acids is 6. The summed E-state index contributed by atoms with van der Waals surface area (Å²) in [5.41, 5.74) is -4.01. The zero-order valence-corrected chi connectivity index (χ0v) is 31.6. The van der Waals surface area contributed by atoms with Gasteiger partial charge in [0.25, 0.3) is 0 Å². The van der Waals surface area contributed by atoms with Crippen LogP contribution in [0.25, 0.3) is 0 Å². The highest BCUT2D eigenvalue weighted by atomic mass is 16.5. The van der Waals surface area contributed by atoms with E-state index in [2.05, 4.69) is 10.6 Å². The zero-order chi connectivity index (χ0) is 36.6. The number of likely N-dealkylation sites (tertiary alicyclic amines) is 2. The zero-order valence-electron chi connectivity index (χ0n) is 31.6. The maximum Gasteiger partial charge on any atom is 0.233 e. The highest BCUT2D eigenvalue weighted by molar-refractivity contribution is 6.04. The first-order chi connectivity index (χ1) is 21.1. The van der Waals surface area contributed by atoms with Crippen LogP contribution < -0.4 is 10.6 Å². The molecule has 0 radical (unpaired) electrons. The number of hydrogen-bond donors (Lipinski definition) is 2. The van der Waals surface area contributed by atoms with Crippen LogP contribution in [-0.2, 0) is 33.5 Å². The summed E-state index contributed by atoms with van der Waals surface area (Å²) in [6.07, 6.45) is 1.06. The van der Waals surface area contributed by atoms with Crippen molar-refractivity contribution in [1.29, 1.82) is 0 Å². The highest BCUT2D eigenvalue weighted by Gasteiger charge is 2.49. The molecule has 2 aliphatic rings. The number of nitrogens with one attached hydrogen (secondary N) is 2. The molecular weight excluding hydrogens is 600 g/mol. The van der Waals surface area contributed by atoms with Crippen LogP contribution >= 0.6 is 0 Å². The van der Waals surface area contributed by atoms with Gasteiger partial charge in [-0.05, 0) is 40.5 Å². The molecule has 2 rings (SSSR count). The molecule has 11 nitrogen and oxygen atoms in total. The number of carbonyl (C=O) groups is 6. The second-order valence-electron chi connectivity index (χ2n) is 18.3. The topological polar surface area (TPSA) is 142 Å². The second-order valence-corrected chi connectivity index (χ2v) is 18.3. The van der Waals surface area contributed by atoms with E-state index in [0.717, 1.165) is 0 Å². The average molecular weight is 663 g/mol. The van der Waals surface area contributed by atoms with Crippen molar-refractivity contribution < 1.29 is 33.5 Å².